The van der Waals surface area contributed by atoms with Crippen LogP contribution in [0.15, 0.2) is 42.7 Å². The van der Waals surface area contributed by atoms with Crippen molar-refractivity contribution in [1.82, 2.24) is 19.8 Å². The Morgan fingerprint density at radius 1 is 1.03 bits per heavy atom. The van der Waals surface area contributed by atoms with E-state index in [0.29, 0.717) is 6.10 Å². The third kappa shape index (κ3) is 3.91. The number of ether oxygens (including phenoxy) is 2. The van der Waals surface area contributed by atoms with Gasteiger partial charge >= 0.3 is 0 Å². The SMILES string of the molecule is S=C1NC(c2ccccn2)C(c2cccn2CC2CCCO2)N1CC1CCCO1. The fraction of sp³-hybridized carbons (Fsp3) is 0.545. The lowest BCUT2D eigenvalue weighted by Gasteiger charge is -2.31. The summed E-state index contributed by atoms with van der Waals surface area (Å²) in [5.74, 6) is 0. The largest absolute Gasteiger partial charge is 0.376 e. The Balaban J connectivity index is 1.47. The smallest absolute Gasteiger partial charge is 0.170 e. The number of hydrogen-bond donors (Lipinski definition) is 1. The van der Waals surface area contributed by atoms with Crippen LogP contribution in [0.25, 0.3) is 0 Å². The summed E-state index contributed by atoms with van der Waals surface area (Å²) in [5, 5.41) is 4.33. The first-order valence-electron chi connectivity index (χ1n) is 10.7. The van der Waals surface area contributed by atoms with Gasteiger partial charge in [-0.25, -0.2) is 0 Å². The van der Waals surface area contributed by atoms with Crippen molar-refractivity contribution in [2.75, 3.05) is 19.8 Å². The summed E-state index contributed by atoms with van der Waals surface area (Å²) >= 11 is 5.79. The van der Waals surface area contributed by atoms with E-state index in [1.807, 2.05) is 18.3 Å². The zero-order valence-corrected chi connectivity index (χ0v) is 17.4. The van der Waals surface area contributed by atoms with Gasteiger partial charge in [0.15, 0.2) is 5.11 Å². The van der Waals surface area contributed by atoms with Crippen molar-refractivity contribution in [3.8, 4) is 0 Å². The molecule has 0 bridgehead atoms. The molecule has 2 aromatic heterocycles. The molecule has 0 saturated carbocycles. The molecule has 2 aromatic rings. The van der Waals surface area contributed by atoms with Crippen molar-refractivity contribution < 1.29 is 9.47 Å². The summed E-state index contributed by atoms with van der Waals surface area (Å²) in [5.41, 5.74) is 2.26. The summed E-state index contributed by atoms with van der Waals surface area (Å²) in [7, 11) is 0. The van der Waals surface area contributed by atoms with Gasteiger partial charge < -0.3 is 24.3 Å². The van der Waals surface area contributed by atoms with E-state index >= 15 is 0 Å². The molecule has 0 radical (unpaired) electrons. The van der Waals surface area contributed by atoms with Crippen molar-refractivity contribution in [2.45, 2.75) is 56.5 Å². The summed E-state index contributed by atoms with van der Waals surface area (Å²) in [6.07, 6.45) is 9.05. The highest BCUT2D eigenvalue weighted by atomic mass is 32.1. The van der Waals surface area contributed by atoms with Crippen LogP contribution < -0.4 is 5.32 Å². The van der Waals surface area contributed by atoms with Crippen molar-refractivity contribution in [1.29, 1.82) is 0 Å². The molecule has 0 aromatic carbocycles. The summed E-state index contributed by atoms with van der Waals surface area (Å²) in [6.45, 7) is 3.42. The average Bonchev–Trinajstić information content (AvgIpc) is 3.53. The fourth-order valence-electron chi connectivity index (χ4n) is 4.80. The van der Waals surface area contributed by atoms with Crippen LogP contribution in [-0.2, 0) is 16.0 Å². The maximum atomic E-state index is 5.94. The molecular weight excluding hydrogens is 384 g/mol. The number of hydrogen-bond acceptors (Lipinski definition) is 4. The van der Waals surface area contributed by atoms with Gasteiger partial charge in [0.2, 0.25) is 0 Å². The van der Waals surface area contributed by atoms with E-state index in [0.717, 1.165) is 62.8 Å². The number of nitrogens with one attached hydrogen (secondary N) is 1. The van der Waals surface area contributed by atoms with Gasteiger partial charge in [-0.1, -0.05) is 6.07 Å². The molecule has 0 aliphatic carbocycles. The molecule has 4 unspecified atom stereocenters. The summed E-state index contributed by atoms with van der Waals surface area (Å²) in [6, 6.07) is 10.5. The standard InChI is InChI=1S/C22H28N4O2S/c29-22-24-20(18-8-1-2-10-23-18)21(26(22)15-17-7-5-13-28-17)19-9-3-11-25(19)14-16-6-4-12-27-16/h1-3,8-11,16-17,20-21H,4-7,12-15H2,(H,24,29). The molecule has 7 heteroatoms. The monoisotopic (exact) mass is 412 g/mol. The second kappa shape index (κ2) is 8.42. The number of nitrogens with zero attached hydrogens (tertiary/aromatic N) is 3. The van der Waals surface area contributed by atoms with Crippen LogP contribution >= 0.6 is 12.2 Å². The predicted octanol–water partition coefficient (Wildman–Crippen LogP) is 3.21. The van der Waals surface area contributed by atoms with Gasteiger partial charge in [0.05, 0.1) is 30.0 Å². The van der Waals surface area contributed by atoms with Crippen LogP contribution in [0.3, 0.4) is 0 Å². The zero-order chi connectivity index (χ0) is 19.6. The topological polar surface area (TPSA) is 51.5 Å². The zero-order valence-electron chi connectivity index (χ0n) is 16.6. The first kappa shape index (κ1) is 19.0. The van der Waals surface area contributed by atoms with E-state index in [2.05, 4.69) is 44.2 Å². The lowest BCUT2D eigenvalue weighted by atomic mass is 10.0. The Morgan fingerprint density at radius 3 is 2.52 bits per heavy atom. The van der Waals surface area contributed by atoms with E-state index in [1.54, 1.807) is 0 Å². The summed E-state index contributed by atoms with van der Waals surface area (Å²) in [4.78, 5) is 6.95. The Labute approximate surface area is 177 Å². The van der Waals surface area contributed by atoms with Gasteiger partial charge in [0.1, 0.15) is 0 Å². The minimum Gasteiger partial charge on any atom is -0.376 e. The second-order valence-corrected chi connectivity index (χ2v) is 8.52. The number of rotatable bonds is 6. The Bertz CT molecular complexity index is 830. The number of thiocarbonyl (C=S) groups is 1. The normalized spacial score (nSPS) is 29.5. The third-order valence-corrected chi connectivity index (χ3v) is 6.57. The minimum absolute atomic E-state index is 0.0169. The summed E-state index contributed by atoms with van der Waals surface area (Å²) < 4.78 is 14.2. The van der Waals surface area contributed by atoms with E-state index < -0.39 is 0 Å². The van der Waals surface area contributed by atoms with Crippen LogP contribution in [0.1, 0.15) is 49.2 Å². The van der Waals surface area contributed by atoms with Crippen molar-refractivity contribution in [2.24, 2.45) is 0 Å². The first-order chi connectivity index (χ1) is 14.3. The highest BCUT2D eigenvalue weighted by Gasteiger charge is 2.42. The molecular formula is C22H28N4O2S. The molecule has 29 heavy (non-hydrogen) atoms. The molecule has 5 heterocycles. The molecule has 4 atom stereocenters. The molecule has 3 aliphatic heterocycles. The molecule has 0 amide bonds. The van der Waals surface area contributed by atoms with Crippen LogP contribution in [0, 0.1) is 0 Å². The predicted molar refractivity (Wildman–Crippen MR) is 115 cm³/mol. The molecule has 3 saturated heterocycles. The van der Waals surface area contributed by atoms with Gasteiger partial charge in [0, 0.05) is 44.4 Å². The molecule has 3 aliphatic rings. The lowest BCUT2D eigenvalue weighted by molar-refractivity contribution is 0.0809. The van der Waals surface area contributed by atoms with Gasteiger partial charge in [-0.3, -0.25) is 4.98 Å². The molecule has 1 N–H and O–H groups in total. The molecule has 3 fully saturated rings. The minimum atomic E-state index is 0.0169. The number of pyridine rings is 1. The molecule has 6 nitrogen and oxygen atoms in total. The van der Waals surface area contributed by atoms with Crippen LogP contribution in [-0.4, -0.2) is 51.5 Å². The van der Waals surface area contributed by atoms with E-state index in [9.17, 15) is 0 Å². The highest BCUT2D eigenvalue weighted by Crippen LogP contribution is 2.39. The maximum absolute atomic E-state index is 5.94. The average molecular weight is 413 g/mol. The first-order valence-corrected chi connectivity index (χ1v) is 11.1. The Kier molecular flexibility index (Phi) is 5.52. The third-order valence-electron chi connectivity index (χ3n) is 6.21. The Hall–Kier alpha value is -1.96. The molecule has 154 valence electrons. The van der Waals surface area contributed by atoms with Crippen LogP contribution in [0.2, 0.25) is 0 Å². The number of aromatic nitrogens is 2. The van der Waals surface area contributed by atoms with E-state index in [1.165, 1.54) is 5.69 Å². The van der Waals surface area contributed by atoms with Gasteiger partial charge in [-0.15, -0.1) is 0 Å². The van der Waals surface area contributed by atoms with Gasteiger partial charge in [-0.05, 0) is 62.2 Å². The maximum Gasteiger partial charge on any atom is 0.170 e. The fourth-order valence-corrected chi connectivity index (χ4v) is 5.12. The van der Waals surface area contributed by atoms with Crippen molar-refractivity contribution >= 4 is 17.3 Å². The second-order valence-electron chi connectivity index (χ2n) is 8.13. The van der Waals surface area contributed by atoms with E-state index in [-0.39, 0.29) is 18.2 Å². The van der Waals surface area contributed by atoms with Crippen LogP contribution in [0.5, 0.6) is 0 Å². The highest BCUT2D eigenvalue weighted by molar-refractivity contribution is 7.80. The van der Waals surface area contributed by atoms with Crippen LogP contribution in [0.4, 0.5) is 0 Å². The lowest BCUT2D eigenvalue weighted by Crippen LogP contribution is -2.37. The quantitative estimate of drug-likeness (QED) is 0.736. The Morgan fingerprint density at radius 2 is 1.83 bits per heavy atom. The van der Waals surface area contributed by atoms with Crippen molar-refractivity contribution in [3.63, 3.8) is 0 Å². The van der Waals surface area contributed by atoms with Gasteiger partial charge in [0.25, 0.3) is 0 Å². The van der Waals surface area contributed by atoms with Gasteiger partial charge in [-0.2, -0.15) is 0 Å². The molecule has 0 spiro atoms. The molecule has 5 rings (SSSR count). The van der Waals surface area contributed by atoms with Crippen molar-refractivity contribution in [3.05, 3.63) is 54.1 Å². The van der Waals surface area contributed by atoms with E-state index in [4.69, 9.17) is 21.7 Å².